The fourth-order valence-electron chi connectivity index (χ4n) is 4.86. The molecule has 2 N–H and O–H groups in total. The van der Waals surface area contributed by atoms with Crippen molar-refractivity contribution in [3.05, 3.63) is 48.3 Å². The first-order valence-electron chi connectivity index (χ1n) is 11.7. The molecule has 9 heteroatoms. The van der Waals surface area contributed by atoms with Crippen molar-refractivity contribution in [2.45, 2.75) is 58.2 Å². The second-order valence-corrected chi connectivity index (χ2v) is 9.20. The van der Waals surface area contributed by atoms with Gasteiger partial charge in [-0.25, -0.2) is 24.9 Å². The minimum atomic E-state index is -0.768. The highest BCUT2D eigenvalue weighted by molar-refractivity contribution is 6.06. The van der Waals surface area contributed by atoms with E-state index in [0.29, 0.717) is 23.9 Å². The summed E-state index contributed by atoms with van der Waals surface area (Å²) >= 11 is 0. The molecule has 6 rings (SSSR count). The maximum atomic E-state index is 12.9. The number of fused-ring (bicyclic) bond motifs is 2. The quantitative estimate of drug-likeness (QED) is 0.474. The lowest BCUT2D eigenvalue weighted by molar-refractivity contribution is -0.122. The molecule has 172 valence electrons. The Labute approximate surface area is 197 Å². The highest BCUT2D eigenvalue weighted by Crippen LogP contribution is 2.40. The zero-order valence-electron chi connectivity index (χ0n) is 19.5. The number of carbonyl (C=O) groups excluding carboxylic acids is 1. The van der Waals surface area contributed by atoms with Gasteiger partial charge >= 0.3 is 0 Å². The number of hydrogen-bond acceptors (Lipinski definition) is 7. The molecule has 4 heterocycles. The predicted octanol–water partition coefficient (Wildman–Crippen LogP) is 3.59. The normalized spacial score (nSPS) is 19.8. The number of nitrogens with one attached hydrogen (secondary N) is 2. The molecule has 1 atom stereocenters. The Morgan fingerprint density at radius 2 is 1.94 bits per heavy atom. The van der Waals surface area contributed by atoms with E-state index in [1.165, 1.54) is 6.42 Å². The Morgan fingerprint density at radius 1 is 1.15 bits per heavy atom. The van der Waals surface area contributed by atoms with Crippen LogP contribution in [0.2, 0.25) is 0 Å². The first kappa shape index (κ1) is 20.9. The van der Waals surface area contributed by atoms with E-state index in [4.69, 9.17) is 4.98 Å². The smallest absolute Gasteiger partial charge is 0.249 e. The summed E-state index contributed by atoms with van der Waals surface area (Å²) in [5.74, 6) is 1.45. The van der Waals surface area contributed by atoms with Gasteiger partial charge in [0.15, 0.2) is 5.65 Å². The molecule has 1 saturated carbocycles. The van der Waals surface area contributed by atoms with Gasteiger partial charge in [-0.05, 0) is 45.7 Å². The Balaban J connectivity index is 1.48. The van der Waals surface area contributed by atoms with Gasteiger partial charge in [-0.3, -0.25) is 10.1 Å². The van der Waals surface area contributed by atoms with Crippen LogP contribution in [0.3, 0.4) is 0 Å². The van der Waals surface area contributed by atoms with Crippen LogP contribution in [0.4, 0.5) is 5.69 Å². The monoisotopic (exact) mass is 454 g/mol. The van der Waals surface area contributed by atoms with Crippen molar-refractivity contribution >= 4 is 22.8 Å². The molecule has 0 spiro atoms. The van der Waals surface area contributed by atoms with Gasteiger partial charge in [-0.2, -0.15) is 0 Å². The molecule has 0 unspecified atom stereocenters. The van der Waals surface area contributed by atoms with Crippen LogP contribution in [-0.2, 0) is 16.9 Å². The van der Waals surface area contributed by atoms with Crippen molar-refractivity contribution in [1.82, 2.24) is 34.8 Å². The molecule has 1 amide bonds. The maximum absolute atomic E-state index is 12.9. The third-order valence-corrected chi connectivity index (χ3v) is 7.02. The van der Waals surface area contributed by atoms with Crippen LogP contribution in [0.1, 0.15) is 44.5 Å². The Hall–Kier alpha value is -3.72. The van der Waals surface area contributed by atoms with Gasteiger partial charge in [0, 0.05) is 41.8 Å². The van der Waals surface area contributed by atoms with E-state index in [2.05, 4.69) is 48.1 Å². The number of carbonyl (C=O) groups is 1. The van der Waals surface area contributed by atoms with E-state index in [9.17, 15) is 4.79 Å². The number of benzene rings is 1. The zero-order valence-corrected chi connectivity index (χ0v) is 19.5. The van der Waals surface area contributed by atoms with Crippen LogP contribution in [0.5, 0.6) is 0 Å². The molecule has 0 saturated heterocycles. The number of aryl methyl sites for hydroxylation is 2. The van der Waals surface area contributed by atoms with Crippen molar-refractivity contribution in [3.8, 4) is 22.6 Å². The Bertz CT molecular complexity index is 1420. The third-order valence-electron chi connectivity index (χ3n) is 7.02. The molecule has 9 nitrogen and oxygen atoms in total. The molecule has 1 aliphatic heterocycles. The number of aromatic nitrogens is 6. The van der Waals surface area contributed by atoms with E-state index in [0.717, 1.165) is 52.4 Å². The van der Waals surface area contributed by atoms with Crippen LogP contribution < -0.4 is 10.6 Å². The number of nitrogens with zero attached hydrogens (tertiary/aromatic N) is 6. The number of hydrogen-bond donors (Lipinski definition) is 2. The molecule has 1 aromatic carbocycles. The van der Waals surface area contributed by atoms with Crippen molar-refractivity contribution in [1.29, 1.82) is 0 Å². The second-order valence-electron chi connectivity index (χ2n) is 9.20. The van der Waals surface area contributed by atoms with E-state index in [-0.39, 0.29) is 5.91 Å². The van der Waals surface area contributed by atoms with Gasteiger partial charge in [0.05, 0.1) is 5.56 Å². The lowest BCUT2D eigenvalue weighted by Gasteiger charge is -2.35. The van der Waals surface area contributed by atoms with Crippen molar-refractivity contribution in [3.63, 3.8) is 0 Å². The predicted molar refractivity (Wildman–Crippen MR) is 129 cm³/mol. The van der Waals surface area contributed by atoms with Gasteiger partial charge in [-0.15, -0.1) is 0 Å². The van der Waals surface area contributed by atoms with Crippen molar-refractivity contribution in [2.24, 2.45) is 0 Å². The number of anilines is 1. The van der Waals surface area contributed by atoms with Gasteiger partial charge in [0.25, 0.3) is 0 Å². The third kappa shape index (κ3) is 3.11. The summed E-state index contributed by atoms with van der Waals surface area (Å²) in [7, 11) is 0. The highest BCUT2D eigenvalue weighted by Gasteiger charge is 2.44. The van der Waals surface area contributed by atoms with E-state index in [1.54, 1.807) is 18.7 Å². The summed E-state index contributed by atoms with van der Waals surface area (Å²) in [4.78, 5) is 35.7. The summed E-state index contributed by atoms with van der Waals surface area (Å²) < 4.78 is 2.05. The molecule has 34 heavy (non-hydrogen) atoms. The minimum Gasteiger partial charge on any atom is -0.324 e. The van der Waals surface area contributed by atoms with E-state index < -0.39 is 5.54 Å². The molecular formula is C25H26N8O. The van der Waals surface area contributed by atoms with Crippen molar-refractivity contribution in [2.75, 3.05) is 5.32 Å². The fraction of sp³-hybridized carbons (Fsp3) is 0.360. The molecular weight excluding hydrogens is 428 g/mol. The van der Waals surface area contributed by atoms with Crippen molar-refractivity contribution < 1.29 is 4.79 Å². The minimum absolute atomic E-state index is 0.0173. The lowest BCUT2D eigenvalue weighted by atomic mass is 9.86. The average molecular weight is 455 g/mol. The van der Waals surface area contributed by atoms with Crippen LogP contribution in [0, 0.1) is 6.92 Å². The topological polar surface area (TPSA) is 111 Å². The molecule has 4 aromatic rings. The lowest BCUT2D eigenvalue weighted by Crippen LogP contribution is -2.52. The van der Waals surface area contributed by atoms with Gasteiger partial charge in [0.1, 0.15) is 34.7 Å². The zero-order chi connectivity index (χ0) is 23.4. The molecule has 0 radical (unpaired) electrons. The Kier molecular flexibility index (Phi) is 4.70. The van der Waals surface area contributed by atoms with Gasteiger partial charge in [-0.1, -0.05) is 12.5 Å². The second kappa shape index (κ2) is 7.66. The SMILES string of the molecule is CCn1c(-c2cnc(C)nc2)nc2c(-c3ccc4c(c3)[C@](C)(NC3CCC3)C(=O)N4)ncnc21. The van der Waals surface area contributed by atoms with Crippen LogP contribution in [0.25, 0.3) is 33.8 Å². The summed E-state index contributed by atoms with van der Waals surface area (Å²) in [6.45, 7) is 6.58. The largest absolute Gasteiger partial charge is 0.324 e. The van der Waals surface area contributed by atoms with Crippen LogP contribution in [0.15, 0.2) is 36.9 Å². The summed E-state index contributed by atoms with van der Waals surface area (Å²) in [5, 5.41) is 6.62. The average Bonchev–Trinajstić information content (AvgIpc) is 3.31. The standard InChI is InChI=1S/C25H26N8O/c1-4-33-22(16-11-26-14(2)27-12-16)31-21-20(28-13-29-23(21)33)15-8-9-19-18(10-15)25(3,24(34)30-19)32-17-6-5-7-17/h8-13,17,32H,4-7H2,1-3H3,(H,30,34)/t25-/m0/s1. The molecule has 0 bridgehead atoms. The first-order valence-corrected chi connectivity index (χ1v) is 11.7. The Morgan fingerprint density at radius 3 is 2.65 bits per heavy atom. The first-order chi connectivity index (χ1) is 16.5. The molecule has 2 aliphatic rings. The number of amides is 1. The van der Waals surface area contributed by atoms with Crippen LogP contribution in [-0.4, -0.2) is 41.4 Å². The van der Waals surface area contributed by atoms with Crippen LogP contribution >= 0.6 is 0 Å². The highest BCUT2D eigenvalue weighted by atomic mass is 16.2. The summed E-state index contributed by atoms with van der Waals surface area (Å²) in [6, 6.07) is 6.36. The summed E-state index contributed by atoms with van der Waals surface area (Å²) in [5.41, 5.74) is 4.95. The number of imidazole rings is 1. The van der Waals surface area contributed by atoms with Gasteiger partial charge < -0.3 is 9.88 Å². The fourth-order valence-corrected chi connectivity index (χ4v) is 4.86. The van der Waals surface area contributed by atoms with E-state index >= 15 is 0 Å². The molecule has 1 aliphatic carbocycles. The number of rotatable bonds is 5. The summed E-state index contributed by atoms with van der Waals surface area (Å²) in [6.07, 6.45) is 8.55. The maximum Gasteiger partial charge on any atom is 0.249 e. The van der Waals surface area contributed by atoms with E-state index in [1.807, 2.05) is 26.0 Å². The molecule has 1 fully saturated rings. The van der Waals surface area contributed by atoms with Gasteiger partial charge in [0.2, 0.25) is 5.91 Å². The molecule has 3 aromatic heterocycles.